The number of amidine groups is 1. The zero-order chi connectivity index (χ0) is 36.3. The molecule has 0 unspecified atom stereocenters. The molecule has 0 aliphatic carbocycles. The Morgan fingerprint density at radius 1 is 0.865 bits per heavy atom. The van der Waals surface area contributed by atoms with Crippen LogP contribution < -0.4 is 26.1 Å². The molecule has 0 spiro atoms. The third kappa shape index (κ3) is 9.79. The summed E-state index contributed by atoms with van der Waals surface area (Å²) < 4.78 is 46.0. The number of nitrogen functional groups attached to an aromatic ring is 1. The molecular weight excluding hydrogens is 700 g/mol. The fraction of sp³-hybridized carbons (Fsp3) is 0.143. The minimum absolute atomic E-state index is 0. The standard InChI is InChI=1S/C23H20FN5O4.C12H13FN4O.ClH/c1-32-20-11-18(28-29(20)13-16-9-5-6-10-17(16)24)21-25-12-19(22(30)27-21)26-23(31)33-14-15-7-3-2-4-8-15;1-18-11-6-10(12(14)15)16-17(11)7-8-4-2-3-5-9(8)13;/h2-12H,13-14H2,1H3,(H,26,31)(H,25,27,30);2-6H,7H2,1H3,(H3,14,15);1H. The molecule has 14 nitrogen and oxygen atoms in total. The Labute approximate surface area is 302 Å². The van der Waals surface area contributed by atoms with Gasteiger partial charge in [0.1, 0.15) is 41.2 Å². The molecule has 0 atom stereocenters. The number of carbonyl (C=O) groups is 1. The summed E-state index contributed by atoms with van der Waals surface area (Å²) in [7, 11) is 2.95. The van der Waals surface area contributed by atoms with E-state index in [-0.39, 0.29) is 61.1 Å². The van der Waals surface area contributed by atoms with Gasteiger partial charge < -0.3 is 24.9 Å². The van der Waals surface area contributed by atoms with Crippen molar-refractivity contribution in [2.24, 2.45) is 5.73 Å². The Morgan fingerprint density at radius 3 is 1.98 bits per heavy atom. The summed E-state index contributed by atoms with van der Waals surface area (Å²) in [6.45, 7) is 0.422. The van der Waals surface area contributed by atoms with Crippen LogP contribution in [0.25, 0.3) is 11.5 Å². The molecule has 0 fully saturated rings. The number of aromatic nitrogens is 6. The third-order valence-corrected chi connectivity index (χ3v) is 7.23. The van der Waals surface area contributed by atoms with Gasteiger partial charge in [-0.1, -0.05) is 66.7 Å². The molecule has 3 aromatic carbocycles. The minimum Gasteiger partial charge on any atom is -0.481 e. The first kappa shape index (κ1) is 38.3. The largest absolute Gasteiger partial charge is 0.481 e. The number of nitrogens with two attached hydrogens (primary N) is 1. The number of aromatic amines is 1. The van der Waals surface area contributed by atoms with E-state index in [1.54, 1.807) is 48.5 Å². The van der Waals surface area contributed by atoms with Crippen molar-refractivity contribution in [3.05, 3.63) is 142 Å². The van der Waals surface area contributed by atoms with Crippen LogP contribution in [0.4, 0.5) is 19.3 Å². The molecule has 52 heavy (non-hydrogen) atoms. The highest BCUT2D eigenvalue weighted by molar-refractivity contribution is 5.93. The molecule has 3 heterocycles. The lowest BCUT2D eigenvalue weighted by atomic mass is 10.2. The summed E-state index contributed by atoms with van der Waals surface area (Å²) in [5, 5.41) is 18.1. The predicted molar refractivity (Wildman–Crippen MR) is 191 cm³/mol. The summed E-state index contributed by atoms with van der Waals surface area (Å²) in [4.78, 5) is 31.2. The number of nitrogens with one attached hydrogen (secondary N) is 3. The topological polar surface area (TPSA) is 188 Å². The van der Waals surface area contributed by atoms with Crippen LogP contribution in [0, 0.1) is 17.0 Å². The highest BCUT2D eigenvalue weighted by Gasteiger charge is 2.16. The zero-order valence-corrected chi connectivity index (χ0v) is 28.7. The van der Waals surface area contributed by atoms with E-state index in [4.69, 9.17) is 25.4 Å². The smallest absolute Gasteiger partial charge is 0.412 e. The lowest BCUT2D eigenvalue weighted by molar-refractivity contribution is 0.155. The molecule has 17 heteroatoms. The van der Waals surface area contributed by atoms with E-state index in [2.05, 4.69) is 25.5 Å². The second-order valence-electron chi connectivity index (χ2n) is 10.7. The van der Waals surface area contributed by atoms with E-state index in [1.165, 1.54) is 41.9 Å². The highest BCUT2D eigenvalue weighted by atomic mass is 35.5. The first-order valence-electron chi connectivity index (χ1n) is 15.3. The van der Waals surface area contributed by atoms with Crippen LogP contribution in [0.1, 0.15) is 22.4 Å². The summed E-state index contributed by atoms with van der Waals surface area (Å²) >= 11 is 0. The number of hydrogen-bond acceptors (Lipinski definition) is 9. The van der Waals surface area contributed by atoms with Crippen molar-refractivity contribution in [2.45, 2.75) is 19.7 Å². The van der Waals surface area contributed by atoms with Crippen molar-refractivity contribution in [3.8, 4) is 23.3 Å². The first-order valence-corrected chi connectivity index (χ1v) is 15.3. The maximum absolute atomic E-state index is 14.0. The van der Waals surface area contributed by atoms with Gasteiger partial charge in [-0.15, -0.1) is 12.4 Å². The van der Waals surface area contributed by atoms with E-state index >= 15 is 0 Å². The van der Waals surface area contributed by atoms with E-state index in [1.807, 2.05) is 30.3 Å². The molecule has 1 amide bonds. The molecule has 0 bridgehead atoms. The first-order chi connectivity index (χ1) is 24.6. The van der Waals surface area contributed by atoms with Gasteiger partial charge >= 0.3 is 6.09 Å². The number of carbonyl (C=O) groups excluding carboxylic acids is 1. The van der Waals surface area contributed by atoms with Gasteiger partial charge in [0.05, 0.1) is 33.5 Å². The Hall–Kier alpha value is -6.55. The van der Waals surface area contributed by atoms with E-state index in [0.717, 1.165) is 5.56 Å². The lowest BCUT2D eigenvalue weighted by Crippen LogP contribution is -2.21. The van der Waals surface area contributed by atoms with Gasteiger partial charge in [-0.25, -0.2) is 27.9 Å². The van der Waals surface area contributed by atoms with Crippen LogP contribution in [0.5, 0.6) is 11.8 Å². The monoisotopic (exact) mass is 733 g/mol. The van der Waals surface area contributed by atoms with Crippen LogP contribution in [0.2, 0.25) is 0 Å². The number of amides is 1. The molecule has 6 rings (SSSR count). The zero-order valence-electron chi connectivity index (χ0n) is 27.9. The number of hydrogen-bond donors (Lipinski definition) is 4. The maximum atomic E-state index is 14.0. The van der Waals surface area contributed by atoms with Gasteiger partial charge in [0.2, 0.25) is 11.8 Å². The van der Waals surface area contributed by atoms with Gasteiger partial charge in [0, 0.05) is 23.3 Å². The highest BCUT2D eigenvalue weighted by Crippen LogP contribution is 2.22. The number of benzene rings is 3. The fourth-order valence-electron chi connectivity index (χ4n) is 4.66. The van der Waals surface area contributed by atoms with Crippen molar-refractivity contribution in [1.82, 2.24) is 29.5 Å². The quantitative estimate of drug-likeness (QED) is 0.100. The van der Waals surface area contributed by atoms with Gasteiger partial charge in [-0.05, 0) is 17.7 Å². The molecule has 0 aliphatic heterocycles. The number of anilines is 1. The number of methoxy groups -OCH3 is 2. The SMILES string of the molecule is COc1cc(-c2ncc(NC(=O)OCc3ccccc3)c(=O)[nH]2)nn1Cc1ccccc1F.COc1cc(C(=N)N)nn1Cc1ccccc1F.Cl. The van der Waals surface area contributed by atoms with Gasteiger partial charge in [0.15, 0.2) is 5.82 Å². The number of ether oxygens (including phenoxy) is 3. The number of H-pyrrole nitrogens is 1. The maximum Gasteiger partial charge on any atom is 0.412 e. The van der Waals surface area contributed by atoms with Crippen LogP contribution in [-0.4, -0.2) is 55.7 Å². The van der Waals surface area contributed by atoms with Gasteiger partial charge in [-0.3, -0.25) is 15.5 Å². The number of rotatable bonds is 11. The van der Waals surface area contributed by atoms with Crippen molar-refractivity contribution in [3.63, 3.8) is 0 Å². The number of halogens is 3. The molecule has 3 aromatic heterocycles. The predicted octanol–water partition coefficient (Wildman–Crippen LogP) is 5.36. The lowest BCUT2D eigenvalue weighted by Gasteiger charge is -2.07. The molecule has 0 saturated carbocycles. The normalized spacial score (nSPS) is 10.3. The molecule has 5 N–H and O–H groups in total. The molecule has 0 radical (unpaired) electrons. The van der Waals surface area contributed by atoms with E-state index < -0.39 is 11.7 Å². The van der Waals surface area contributed by atoms with E-state index in [0.29, 0.717) is 34.3 Å². The second-order valence-corrected chi connectivity index (χ2v) is 10.7. The fourth-order valence-corrected chi connectivity index (χ4v) is 4.66. The average Bonchev–Trinajstić information content (AvgIpc) is 3.75. The van der Waals surface area contributed by atoms with Crippen molar-refractivity contribution in [1.29, 1.82) is 5.41 Å². The number of nitrogens with zero attached hydrogens (tertiary/aromatic N) is 5. The Balaban J connectivity index is 0.000000270. The second kappa shape index (κ2) is 17.9. The van der Waals surface area contributed by atoms with Crippen LogP contribution in [-0.2, 0) is 24.4 Å². The minimum atomic E-state index is -0.783. The van der Waals surface area contributed by atoms with Crippen molar-refractivity contribution in [2.75, 3.05) is 19.5 Å². The summed E-state index contributed by atoms with van der Waals surface area (Å²) in [5.74, 6) is 0.137. The van der Waals surface area contributed by atoms with Crippen molar-refractivity contribution >= 4 is 30.0 Å². The summed E-state index contributed by atoms with van der Waals surface area (Å²) in [5.41, 5.74) is 7.06. The molecular formula is C35H34ClF2N9O5. The molecule has 0 saturated heterocycles. The van der Waals surface area contributed by atoms with Crippen molar-refractivity contribution < 1.29 is 27.8 Å². The van der Waals surface area contributed by atoms with E-state index in [9.17, 15) is 18.4 Å². The summed E-state index contributed by atoms with van der Waals surface area (Å²) in [6, 6.07) is 25.0. The third-order valence-electron chi connectivity index (χ3n) is 7.23. The van der Waals surface area contributed by atoms with Crippen LogP contribution in [0.3, 0.4) is 0 Å². The summed E-state index contributed by atoms with van der Waals surface area (Å²) in [6.07, 6.45) is 0.426. The molecule has 270 valence electrons. The van der Waals surface area contributed by atoms with Crippen LogP contribution in [0.15, 0.2) is 102 Å². The Kier molecular flexibility index (Phi) is 13.2. The van der Waals surface area contributed by atoms with Gasteiger partial charge in [0.25, 0.3) is 5.56 Å². The Bertz CT molecular complexity index is 2190. The average molecular weight is 734 g/mol. The Morgan fingerprint density at radius 2 is 1.42 bits per heavy atom. The molecule has 6 aromatic rings. The van der Waals surface area contributed by atoms with Gasteiger partial charge in [-0.2, -0.15) is 10.2 Å². The molecule has 0 aliphatic rings. The van der Waals surface area contributed by atoms with Crippen LogP contribution >= 0.6 is 12.4 Å².